The number of amides is 2. The Morgan fingerprint density at radius 2 is 1.80 bits per heavy atom. The van der Waals surface area contributed by atoms with Gasteiger partial charge in [-0.05, 0) is 38.5 Å². The van der Waals surface area contributed by atoms with Crippen LogP contribution >= 0.6 is 0 Å². The summed E-state index contributed by atoms with van der Waals surface area (Å²) >= 11 is 0. The molecule has 0 bridgehead atoms. The van der Waals surface area contributed by atoms with E-state index < -0.39 is 0 Å². The summed E-state index contributed by atoms with van der Waals surface area (Å²) in [6.45, 7) is 7.50. The fourth-order valence-electron chi connectivity index (χ4n) is 2.79. The number of ether oxygens (including phenoxy) is 1. The number of carbonyl (C=O) groups is 2. The van der Waals surface area contributed by atoms with Crippen LogP contribution in [0.1, 0.15) is 36.7 Å². The molecule has 0 saturated carbocycles. The zero-order valence-corrected chi connectivity index (χ0v) is 15.1. The predicted molar refractivity (Wildman–Crippen MR) is 98.2 cm³/mol. The van der Waals surface area contributed by atoms with Crippen LogP contribution in [0.4, 0.5) is 0 Å². The number of hydrogen-bond donors (Lipinski definition) is 1. The molecule has 1 fully saturated rings. The minimum atomic E-state index is -0.144. The lowest BCUT2D eigenvalue weighted by atomic mass is 10.1. The van der Waals surface area contributed by atoms with Gasteiger partial charge in [-0.15, -0.1) is 0 Å². The number of nitrogens with one attached hydrogen (secondary N) is 1. The normalized spacial score (nSPS) is 21.0. The van der Waals surface area contributed by atoms with Gasteiger partial charge in [0.15, 0.2) is 0 Å². The Morgan fingerprint density at radius 1 is 1.16 bits per heavy atom. The SMILES string of the molecule is C/C=C/C=C\C(=O)NCc1ccc(C(=O)N2C[C@H](C)O[C@@H](C)C2)cc1. The zero-order valence-electron chi connectivity index (χ0n) is 15.1. The molecule has 2 amide bonds. The zero-order chi connectivity index (χ0) is 18.2. The second-order valence-electron chi connectivity index (χ2n) is 6.27. The lowest BCUT2D eigenvalue weighted by molar-refractivity contribution is -0.116. The van der Waals surface area contributed by atoms with Gasteiger partial charge in [-0.3, -0.25) is 9.59 Å². The Kier molecular flexibility index (Phi) is 6.95. The van der Waals surface area contributed by atoms with Gasteiger partial charge in [0.25, 0.3) is 5.91 Å². The molecular weight excluding hydrogens is 316 g/mol. The first kappa shape index (κ1) is 18.9. The molecule has 134 valence electrons. The molecule has 5 nitrogen and oxygen atoms in total. The number of nitrogens with zero attached hydrogens (tertiary/aromatic N) is 1. The van der Waals surface area contributed by atoms with Crippen molar-refractivity contribution in [2.75, 3.05) is 13.1 Å². The first-order chi connectivity index (χ1) is 12.0. The van der Waals surface area contributed by atoms with Gasteiger partial charge in [0.05, 0.1) is 12.2 Å². The molecule has 2 atom stereocenters. The Balaban J connectivity index is 1.91. The van der Waals surface area contributed by atoms with Crippen molar-refractivity contribution in [3.8, 4) is 0 Å². The summed E-state index contributed by atoms with van der Waals surface area (Å²) < 4.78 is 5.67. The topological polar surface area (TPSA) is 58.6 Å². The van der Waals surface area contributed by atoms with Gasteiger partial charge in [0.2, 0.25) is 5.91 Å². The second kappa shape index (κ2) is 9.18. The molecule has 1 aromatic carbocycles. The van der Waals surface area contributed by atoms with E-state index in [2.05, 4.69) is 5.32 Å². The fraction of sp³-hybridized carbons (Fsp3) is 0.400. The molecule has 1 aliphatic rings. The van der Waals surface area contributed by atoms with Crippen LogP contribution in [0.25, 0.3) is 0 Å². The Hall–Kier alpha value is -2.40. The van der Waals surface area contributed by atoms with Crippen LogP contribution in [0, 0.1) is 0 Å². The second-order valence-corrected chi connectivity index (χ2v) is 6.27. The first-order valence-corrected chi connectivity index (χ1v) is 8.60. The molecule has 0 aromatic heterocycles. The highest BCUT2D eigenvalue weighted by molar-refractivity contribution is 5.94. The molecule has 1 N–H and O–H groups in total. The van der Waals surface area contributed by atoms with E-state index in [1.54, 1.807) is 12.2 Å². The molecule has 1 saturated heterocycles. The molecule has 2 rings (SSSR count). The van der Waals surface area contributed by atoms with Gasteiger partial charge in [-0.25, -0.2) is 0 Å². The summed E-state index contributed by atoms with van der Waals surface area (Å²) in [4.78, 5) is 26.1. The molecule has 1 aromatic rings. The van der Waals surface area contributed by atoms with Gasteiger partial charge in [-0.1, -0.05) is 30.4 Å². The monoisotopic (exact) mass is 342 g/mol. The summed E-state index contributed by atoms with van der Waals surface area (Å²) in [5.41, 5.74) is 1.61. The highest BCUT2D eigenvalue weighted by Crippen LogP contribution is 2.15. The van der Waals surface area contributed by atoms with Crippen LogP contribution in [-0.2, 0) is 16.1 Å². The number of hydrogen-bond acceptors (Lipinski definition) is 3. The molecule has 0 aliphatic carbocycles. The van der Waals surface area contributed by atoms with Gasteiger partial charge in [0, 0.05) is 31.3 Å². The maximum absolute atomic E-state index is 12.6. The minimum absolute atomic E-state index is 0.0203. The fourth-order valence-corrected chi connectivity index (χ4v) is 2.79. The molecule has 0 radical (unpaired) electrons. The van der Waals surface area contributed by atoms with Crippen molar-refractivity contribution < 1.29 is 14.3 Å². The molecule has 25 heavy (non-hydrogen) atoms. The lowest BCUT2D eigenvalue weighted by Crippen LogP contribution is -2.48. The molecule has 5 heteroatoms. The highest BCUT2D eigenvalue weighted by atomic mass is 16.5. The van der Waals surface area contributed by atoms with Crippen LogP contribution < -0.4 is 5.32 Å². The average molecular weight is 342 g/mol. The maximum Gasteiger partial charge on any atom is 0.254 e. The van der Waals surface area contributed by atoms with Crippen LogP contribution in [0.15, 0.2) is 48.6 Å². The van der Waals surface area contributed by atoms with Gasteiger partial charge >= 0.3 is 0 Å². The first-order valence-electron chi connectivity index (χ1n) is 8.60. The molecule has 1 aliphatic heterocycles. The quantitative estimate of drug-likeness (QED) is 0.661. The average Bonchev–Trinajstić information content (AvgIpc) is 2.59. The number of benzene rings is 1. The highest BCUT2D eigenvalue weighted by Gasteiger charge is 2.26. The molecule has 0 spiro atoms. The van der Waals surface area contributed by atoms with Gasteiger partial charge < -0.3 is 15.0 Å². The van der Waals surface area contributed by atoms with Crippen molar-refractivity contribution in [3.63, 3.8) is 0 Å². The third-order valence-electron chi connectivity index (χ3n) is 3.93. The number of allylic oxidation sites excluding steroid dienone is 3. The lowest BCUT2D eigenvalue weighted by Gasteiger charge is -2.35. The Labute approximate surface area is 149 Å². The van der Waals surface area contributed by atoms with E-state index in [-0.39, 0.29) is 24.0 Å². The number of carbonyl (C=O) groups excluding carboxylic acids is 2. The van der Waals surface area contributed by atoms with Crippen molar-refractivity contribution in [2.24, 2.45) is 0 Å². The van der Waals surface area contributed by atoms with Crippen LogP contribution in [0.2, 0.25) is 0 Å². The predicted octanol–water partition coefficient (Wildman–Crippen LogP) is 2.68. The van der Waals surface area contributed by atoms with Crippen LogP contribution in [-0.4, -0.2) is 42.0 Å². The summed E-state index contributed by atoms with van der Waals surface area (Å²) in [7, 11) is 0. The number of rotatable bonds is 5. The van der Waals surface area contributed by atoms with Crippen molar-refractivity contribution >= 4 is 11.8 Å². The summed E-state index contributed by atoms with van der Waals surface area (Å²) in [5.74, 6) is -0.124. The Bertz CT molecular complexity index is 639. The van der Waals surface area contributed by atoms with Gasteiger partial charge in [-0.2, -0.15) is 0 Å². The van der Waals surface area contributed by atoms with Crippen LogP contribution in [0.5, 0.6) is 0 Å². The van der Waals surface area contributed by atoms with E-state index in [0.717, 1.165) is 5.56 Å². The third kappa shape index (κ3) is 5.87. The van der Waals surface area contributed by atoms with E-state index in [4.69, 9.17) is 4.74 Å². The van der Waals surface area contributed by atoms with E-state index in [9.17, 15) is 9.59 Å². The van der Waals surface area contributed by atoms with Gasteiger partial charge in [0.1, 0.15) is 0 Å². The van der Waals surface area contributed by atoms with Crippen molar-refractivity contribution in [3.05, 3.63) is 59.7 Å². The summed E-state index contributed by atoms with van der Waals surface area (Å²) in [6, 6.07) is 7.36. The summed E-state index contributed by atoms with van der Waals surface area (Å²) in [5, 5.41) is 2.81. The molecule has 0 unspecified atom stereocenters. The van der Waals surface area contributed by atoms with Crippen LogP contribution in [0.3, 0.4) is 0 Å². The number of morpholine rings is 1. The van der Waals surface area contributed by atoms with E-state index >= 15 is 0 Å². The van der Waals surface area contributed by atoms with E-state index in [0.29, 0.717) is 25.2 Å². The van der Waals surface area contributed by atoms with Crippen molar-refractivity contribution in [1.82, 2.24) is 10.2 Å². The maximum atomic E-state index is 12.6. The van der Waals surface area contributed by atoms with E-state index in [1.165, 1.54) is 6.08 Å². The molecule has 1 heterocycles. The largest absolute Gasteiger partial charge is 0.372 e. The van der Waals surface area contributed by atoms with E-state index in [1.807, 2.05) is 56.0 Å². The van der Waals surface area contributed by atoms with Crippen molar-refractivity contribution in [1.29, 1.82) is 0 Å². The molecular formula is C20H26N2O3. The van der Waals surface area contributed by atoms with Crippen molar-refractivity contribution in [2.45, 2.75) is 39.5 Å². The third-order valence-corrected chi connectivity index (χ3v) is 3.93. The minimum Gasteiger partial charge on any atom is -0.372 e. The smallest absolute Gasteiger partial charge is 0.254 e. The summed E-state index contributed by atoms with van der Waals surface area (Å²) in [6.07, 6.45) is 6.94. The standard InChI is InChI=1S/C20H26N2O3/c1-4-5-6-7-19(23)21-12-17-8-10-18(11-9-17)20(24)22-13-15(2)25-16(3)14-22/h4-11,15-16H,12-14H2,1-3H3,(H,21,23)/b5-4+,7-6-/t15-,16-/m0/s1. The Morgan fingerprint density at radius 3 is 2.40 bits per heavy atom.